The van der Waals surface area contributed by atoms with Gasteiger partial charge in [-0.15, -0.1) is 0 Å². The van der Waals surface area contributed by atoms with Crippen molar-refractivity contribution >= 4 is 39.9 Å². The number of carbonyl (C=O) groups excluding carboxylic acids is 3. The van der Waals surface area contributed by atoms with Gasteiger partial charge in [0, 0.05) is 5.56 Å². The van der Waals surface area contributed by atoms with Crippen molar-refractivity contribution in [2.75, 3.05) is 12.0 Å². The van der Waals surface area contributed by atoms with Gasteiger partial charge in [-0.2, -0.15) is 0 Å². The van der Waals surface area contributed by atoms with Gasteiger partial charge < -0.3 is 14.6 Å². The lowest BCUT2D eigenvalue weighted by Crippen LogP contribution is -2.29. The van der Waals surface area contributed by atoms with Crippen LogP contribution < -0.4 is 9.64 Å². The molecule has 3 aromatic carbocycles. The molecule has 1 unspecified atom stereocenters. The van der Waals surface area contributed by atoms with E-state index in [0.29, 0.717) is 29.2 Å². The van der Waals surface area contributed by atoms with Crippen LogP contribution >= 0.6 is 11.3 Å². The van der Waals surface area contributed by atoms with Gasteiger partial charge in [0.05, 0.1) is 24.4 Å². The van der Waals surface area contributed by atoms with E-state index < -0.39 is 23.7 Å². The number of thiazole rings is 1. The number of aryl methyl sites for hydroxylation is 3. The minimum atomic E-state index is -0.992. The zero-order valence-corrected chi connectivity index (χ0v) is 23.8. The number of Topliss-reactive ketones (excluding diaryl/α,β-unsaturated/α-hetero) is 1. The number of carbonyl (C=O) groups is 3. The van der Waals surface area contributed by atoms with Crippen molar-refractivity contribution in [2.24, 2.45) is 0 Å². The van der Waals surface area contributed by atoms with Gasteiger partial charge in [0.2, 0.25) is 0 Å². The summed E-state index contributed by atoms with van der Waals surface area (Å²) in [6.07, 6.45) is 0. The van der Waals surface area contributed by atoms with Gasteiger partial charge >= 0.3 is 11.9 Å². The first-order valence-electron chi connectivity index (χ1n) is 12.9. The molecule has 1 atom stereocenters. The van der Waals surface area contributed by atoms with Crippen molar-refractivity contribution in [3.8, 4) is 5.75 Å². The predicted molar refractivity (Wildman–Crippen MR) is 156 cm³/mol. The topological polar surface area (TPSA) is 106 Å². The molecule has 1 aromatic heterocycles. The Hall–Kier alpha value is -4.76. The third-order valence-electron chi connectivity index (χ3n) is 6.90. The Morgan fingerprint density at radius 1 is 1.00 bits per heavy atom. The lowest BCUT2D eigenvalue weighted by molar-refractivity contribution is -0.132. The highest BCUT2D eigenvalue weighted by Gasteiger charge is 2.48. The number of benzene rings is 3. The molecule has 0 spiro atoms. The van der Waals surface area contributed by atoms with E-state index in [4.69, 9.17) is 9.47 Å². The summed E-state index contributed by atoms with van der Waals surface area (Å²) in [5.74, 6) is -1.96. The van der Waals surface area contributed by atoms with Gasteiger partial charge in [0.1, 0.15) is 23.0 Å². The van der Waals surface area contributed by atoms with Crippen LogP contribution in [-0.2, 0) is 20.9 Å². The SMILES string of the molecule is COC(=O)c1sc(N2C(=O)C(=O)C(=C(O)c3cc(C)ccc3C)C2c2ccc(OCc3ccccc3)cc2)nc1C. The van der Waals surface area contributed by atoms with Crippen LogP contribution in [0.5, 0.6) is 5.75 Å². The predicted octanol–water partition coefficient (Wildman–Crippen LogP) is 6.06. The summed E-state index contributed by atoms with van der Waals surface area (Å²) >= 11 is 0.956. The molecule has 1 N–H and O–H groups in total. The Labute approximate surface area is 241 Å². The largest absolute Gasteiger partial charge is 0.507 e. The van der Waals surface area contributed by atoms with Crippen LogP contribution in [-0.4, -0.2) is 34.9 Å². The maximum atomic E-state index is 13.5. The van der Waals surface area contributed by atoms with Crippen molar-refractivity contribution in [3.63, 3.8) is 0 Å². The minimum Gasteiger partial charge on any atom is -0.507 e. The molecule has 4 aromatic rings. The number of methoxy groups -OCH3 is 1. The van der Waals surface area contributed by atoms with E-state index in [9.17, 15) is 19.5 Å². The van der Waals surface area contributed by atoms with E-state index in [1.807, 2.05) is 56.3 Å². The van der Waals surface area contributed by atoms with Crippen LogP contribution in [0.25, 0.3) is 5.76 Å². The van der Waals surface area contributed by atoms with Crippen LogP contribution in [0.15, 0.2) is 78.4 Å². The van der Waals surface area contributed by atoms with Crippen molar-refractivity contribution in [3.05, 3.63) is 117 Å². The van der Waals surface area contributed by atoms with Crippen molar-refractivity contribution < 1.29 is 29.0 Å². The normalized spacial score (nSPS) is 16.2. The molecule has 1 fully saturated rings. The van der Waals surface area contributed by atoms with Crippen LogP contribution in [0, 0.1) is 20.8 Å². The molecular formula is C32H28N2O6S. The summed E-state index contributed by atoms with van der Waals surface area (Å²) < 4.78 is 10.8. The van der Waals surface area contributed by atoms with Crippen molar-refractivity contribution in [1.82, 2.24) is 4.98 Å². The Morgan fingerprint density at radius 2 is 1.71 bits per heavy atom. The number of hydrogen-bond donors (Lipinski definition) is 1. The molecule has 0 bridgehead atoms. The average molecular weight is 569 g/mol. The first-order valence-corrected chi connectivity index (χ1v) is 13.7. The number of amides is 1. The number of ether oxygens (including phenoxy) is 2. The highest BCUT2D eigenvalue weighted by molar-refractivity contribution is 7.17. The van der Waals surface area contributed by atoms with E-state index in [-0.39, 0.29) is 21.3 Å². The van der Waals surface area contributed by atoms with Crippen LogP contribution in [0.3, 0.4) is 0 Å². The van der Waals surface area contributed by atoms with E-state index in [1.165, 1.54) is 12.0 Å². The highest BCUT2D eigenvalue weighted by atomic mass is 32.1. The summed E-state index contributed by atoms with van der Waals surface area (Å²) in [4.78, 5) is 45.3. The van der Waals surface area contributed by atoms with E-state index in [2.05, 4.69) is 4.98 Å². The number of aliphatic hydroxyl groups is 1. The molecule has 9 heteroatoms. The van der Waals surface area contributed by atoms with Gasteiger partial charge in [-0.25, -0.2) is 9.78 Å². The second kappa shape index (κ2) is 11.4. The summed E-state index contributed by atoms with van der Waals surface area (Å²) in [5.41, 5.74) is 3.99. The number of aromatic nitrogens is 1. The van der Waals surface area contributed by atoms with Crippen molar-refractivity contribution in [1.29, 1.82) is 0 Å². The fourth-order valence-corrected chi connectivity index (χ4v) is 5.75. The molecule has 41 heavy (non-hydrogen) atoms. The quantitative estimate of drug-likeness (QED) is 0.125. The van der Waals surface area contributed by atoms with Crippen LogP contribution in [0.1, 0.15) is 49.2 Å². The number of aliphatic hydroxyl groups excluding tert-OH is 1. The van der Waals surface area contributed by atoms with E-state index in [0.717, 1.165) is 28.0 Å². The van der Waals surface area contributed by atoms with Crippen LogP contribution in [0.2, 0.25) is 0 Å². The molecule has 8 nitrogen and oxygen atoms in total. The molecule has 0 saturated carbocycles. The number of rotatable bonds is 7. The lowest BCUT2D eigenvalue weighted by Gasteiger charge is -2.23. The highest BCUT2D eigenvalue weighted by Crippen LogP contribution is 2.44. The fourth-order valence-electron chi connectivity index (χ4n) is 4.74. The van der Waals surface area contributed by atoms with Crippen LogP contribution in [0.4, 0.5) is 5.13 Å². The fraction of sp³-hybridized carbons (Fsp3) is 0.188. The number of esters is 1. The second-order valence-electron chi connectivity index (χ2n) is 9.73. The number of nitrogens with zero attached hydrogens (tertiary/aromatic N) is 2. The monoisotopic (exact) mass is 568 g/mol. The summed E-state index contributed by atoms with van der Waals surface area (Å²) in [7, 11) is 1.26. The Morgan fingerprint density at radius 3 is 2.39 bits per heavy atom. The van der Waals surface area contributed by atoms with E-state index >= 15 is 0 Å². The van der Waals surface area contributed by atoms with Gasteiger partial charge in [-0.05, 0) is 55.7 Å². The van der Waals surface area contributed by atoms with Gasteiger partial charge in [0.15, 0.2) is 5.13 Å². The Kier molecular flexibility index (Phi) is 7.72. The maximum absolute atomic E-state index is 13.5. The summed E-state index contributed by atoms with van der Waals surface area (Å²) in [5, 5.41) is 11.7. The van der Waals surface area contributed by atoms with Crippen molar-refractivity contribution in [2.45, 2.75) is 33.4 Å². The van der Waals surface area contributed by atoms with Gasteiger partial charge in [-0.1, -0.05) is 71.5 Å². The van der Waals surface area contributed by atoms with Gasteiger partial charge in [0.25, 0.3) is 5.78 Å². The first kappa shape index (κ1) is 27.8. The summed E-state index contributed by atoms with van der Waals surface area (Å²) in [6, 6.07) is 21.3. The number of ketones is 1. The standard InChI is InChI=1S/C32H28N2O6S/c1-18-10-11-19(2)24(16-18)27(35)25-26(22-12-14-23(15-13-22)40-17-21-8-6-5-7-9-21)34(30(37)28(25)36)32-33-20(3)29(41-32)31(38)39-4/h5-16,26,35H,17H2,1-4H3. The maximum Gasteiger partial charge on any atom is 0.350 e. The van der Waals surface area contributed by atoms with Gasteiger partial charge in [-0.3, -0.25) is 14.5 Å². The molecule has 2 heterocycles. The Balaban J connectivity index is 1.61. The molecule has 208 valence electrons. The zero-order valence-electron chi connectivity index (χ0n) is 23.0. The summed E-state index contributed by atoms with van der Waals surface area (Å²) in [6.45, 7) is 5.71. The third kappa shape index (κ3) is 5.36. The molecule has 0 radical (unpaired) electrons. The molecule has 0 aliphatic carbocycles. The first-order chi connectivity index (χ1) is 19.7. The zero-order chi connectivity index (χ0) is 29.3. The minimum absolute atomic E-state index is 0.0610. The molecule has 1 aliphatic heterocycles. The second-order valence-corrected chi connectivity index (χ2v) is 10.7. The molecule has 1 saturated heterocycles. The number of anilines is 1. The Bertz CT molecular complexity index is 1670. The lowest BCUT2D eigenvalue weighted by atomic mass is 9.93. The smallest absolute Gasteiger partial charge is 0.350 e. The molecular weight excluding hydrogens is 540 g/mol. The molecule has 1 aliphatic rings. The molecule has 5 rings (SSSR count). The molecule has 1 amide bonds. The number of hydrogen-bond acceptors (Lipinski definition) is 8. The van der Waals surface area contributed by atoms with E-state index in [1.54, 1.807) is 37.3 Å². The average Bonchev–Trinajstić information content (AvgIpc) is 3.49. The third-order valence-corrected chi connectivity index (χ3v) is 8.04.